The van der Waals surface area contributed by atoms with Gasteiger partial charge in [-0.05, 0) is 4.99 Å². The van der Waals surface area contributed by atoms with Crippen molar-refractivity contribution in [1.82, 2.24) is 25.4 Å². The number of hydrogen-bond donors (Lipinski definition) is 3. The molecule has 3 amide bonds. The van der Waals surface area contributed by atoms with Crippen molar-refractivity contribution in [3.05, 3.63) is 21.6 Å². The number of nitrogens with zero attached hydrogens (tertiary/aromatic N) is 4. The number of halogens is 1. The second-order valence-electron chi connectivity index (χ2n) is 7.02. The second-order valence-corrected chi connectivity index (χ2v) is 11.5. The fraction of sp³-hybridized carbons (Fsp3) is 0.353. The first-order valence-electron chi connectivity index (χ1n) is 9.20. The lowest BCUT2D eigenvalue weighted by Crippen LogP contribution is -2.74. The quantitative estimate of drug-likeness (QED) is 0.169. The van der Waals surface area contributed by atoms with Gasteiger partial charge >= 0.3 is 5.97 Å². The largest absolute Gasteiger partial charge is 0.481 e. The van der Waals surface area contributed by atoms with Crippen LogP contribution in [0.25, 0.3) is 5.57 Å². The molecule has 0 saturated carbocycles. The van der Waals surface area contributed by atoms with Crippen molar-refractivity contribution >= 4 is 97.0 Å². The molecular formula is C17H15BrN6O5S4. The molecule has 2 unspecified atom stereocenters. The summed E-state index contributed by atoms with van der Waals surface area (Å²) in [4.78, 5) is 55.3. The van der Waals surface area contributed by atoms with Gasteiger partial charge in [0.1, 0.15) is 22.3 Å². The van der Waals surface area contributed by atoms with Gasteiger partial charge in [-0.3, -0.25) is 19.2 Å². The third-order valence-electron chi connectivity index (χ3n) is 5.01. The van der Waals surface area contributed by atoms with Crippen molar-refractivity contribution in [3.8, 4) is 0 Å². The van der Waals surface area contributed by atoms with Crippen LogP contribution < -0.4 is 10.6 Å². The number of aliphatic carboxylic acids is 1. The Morgan fingerprint density at radius 1 is 1.42 bits per heavy atom. The number of carboxylic acids is 1. The molecule has 3 N–H and O–H groups in total. The van der Waals surface area contributed by atoms with Gasteiger partial charge in [-0.25, -0.2) is 4.98 Å². The van der Waals surface area contributed by atoms with Crippen molar-refractivity contribution in [2.45, 2.75) is 15.8 Å². The summed E-state index contributed by atoms with van der Waals surface area (Å²) in [6.07, 6.45) is 0.492. The summed E-state index contributed by atoms with van der Waals surface area (Å²) in [5, 5.41) is 24.3. The van der Waals surface area contributed by atoms with E-state index < -0.39 is 23.3 Å². The number of carbonyl (C=O) groups is 4. The van der Waals surface area contributed by atoms with Gasteiger partial charge in [-0.1, -0.05) is 39.0 Å². The molecule has 4 rings (SSSR count). The predicted octanol–water partition coefficient (Wildman–Crippen LogP) is 1.56. The lowest BCUT2D eigenvalue weighted by Gasteiger charge is -2.53. The van der Waals surface area contributed by atoms with Gasteiger partial charge in [-0.15, -0.1) is 33.3 Å². The van der Waals surface area contributed by atoms with Gasteiger partial charge in [0.25, 0.3) is 5.91 Å². The van der Waals surface area contributed by atoms with E-state index in [1.807, 2.05) is 0 Å². The Morgan fingerprint density at radius 2 is 2.24 bits per heavy atom. The Bertz CT molecular complexity index is 1110. The number of fused-ring (bicyclic) bond motifs is 1. The third kappa shape index (κ3) is 4.80. The van der Waals surface area contributed by atoms with Gasteiger partial charge in [-0.2, -0.15) is 0 Å². The monoisotopic (exact) mass is 590 g/mol. The summed E-state index contributed by atoms with van der Waals surface area (Å²) in [6, 6.07) is -0.765. The molecule has 0 aromatic carbocycles. The molecule has 2 aliphatic rings. The minimum atomic E-state index is -1.12. The Hall–Kier alpha value is -2.01. The van der Waals surface area contributed by atoms with Crippen LogP contribution in [-0.4, -0.2) is 78.8 Å². The molecule has 4 heterocycles. The zero-order chi connectivity index (χ0) is 23.6. The highest BCUT2D eigenvalue weighted by Crippen LogP contribution is 2.44. The number of carboxylic acid groups (broad SMARTS) is 1. The maximum absolute atomic E-state index is 12.8. The normalized spacial score (nSPS) is 24.6. The SMILES string of the molecule is O=CNc1nc(C(=CBr)C(=O)NC2C(=O)N3CC(CSc4nncs4)(C(=O)O)CS[C@H]23)cs1. The fourth-order valence-electron chi connectivity index (χ4n) is 3.29. The number of thioether (sulfide) groups is 2. The van der Waals surface area contributed by atoms with Gasteiger partial charge in [0.05, 0.1) is 11.3 Å². The van der Waals surface area contributed by atoms with Gasteiger partial charge < -0.3 is 20.6 Å². The molecule has 0 bridgehead atoms. The number of carbonyl (C=O) groups excluding carboxylic acids is 3. The Kier molecular flexibility index (Phi) is 7.37. The Labute approximate surface area is 211 Å². The molecule has 2 saturated heterocycles. The first-order chi connectivity index (χ1) is 15.9. The summed E-state index contributed by atoms with van der Waals surface area (Å²) < 4.78 is 0.672. The van der Waals surface area contributed by atoms with Gasteiger partial charge in [0.2, 0.25) is 12.3 Å². The second kappa shape index (κ2) is 10.1. The highest BCUT2D eigenvalue weighted by Gasteiger charge is 2.57. The molecule has 11 nitrogen and oxygen atoms in total. The summed E-state index contributed by atoms with van der Waals surface area (Å²) in [7, 11) is 0. The van der Waals surface area contributed by atoms with E-state index in [4.69, 9.17) is 0 Å². The molecule has 33 heavy (non-hydrogen) atoms. The number of rotatable bonds is 9. The number of hydrogen-bond acceptors (Lipinski definition) is 11. The number of thiazole rings is 1. The molecule has 174 valence electrons. The molecule has 2 aliphatic heterocycles. The average Bonchev–Trinajstić information content (AvgIpc) is 3.49. The molecule has 16 heteroatoms. The van der Waals surface area contributed by atoms with Crippen LogP contribution in [0.15, 0.2) is 20.2 Å². The number of amides is 3. The summed E-state index contributed by atoms with van der Waals surface area (Å²) in [5.74, 6) is -1.25. The number of aromatic nitrogens is 3. The Balaban J connectivity index is 1.40. The number of anilines is 1. The molecule has 2 aromatic rings. The summed E-state index contributed by atoms with van der Waals surface area (Å²) in [6.45, 7) is 0.0605. The first kappa shape index (κ1) is 24.1. The Morgan fingerprint density at radius 3 is 2.91 bits per heavy atom. The number of nitrogens with one attached hydrogen (secondary N) is 2. The van der Waals surface area contributed by atoms with Crippen molar-refractivity contribution < 1.29 is 24.3 Å². The van der Waals surface area contributed by atoms with Crippen LogP contribution in [0, 0.1) is 5.41 Å². The van der Waals surface area contributed by atoms with Crippen molar-refractivity contribution in [3.63, 3.8) is 0 Å². The highest BCUT2D eigenvalue weighted by atomic mass is 79.9. The minimum absolute atomic E-state index is 0.0605. The molecule has 2 aromatic heterocycles. The van der Waals surface area contributed by atoms with Crippen molar-refractivity contribution in [1.29, 1.82) is 0 Å². The van der Waals surface area contributed by atoms with Gasteiger partial charge in [0, 0.05) is 23.4 Å². The molecule has 0 spiro atoms. The lowest BCUT2D eigenvalue weighted by molar-refractivity contribution is -0.157. The van der Waals surface area contributed by atoms with Crippen LogP contribution in [0.3, 0.4) is 0 Å². The van der Waals surface area contributed by atoms with E-state index in [0.717, 1.165) is 11.3 Å². The van der Waals surface area contributed by atoms with Crippen LogP contribution in [0.1, 0.15) is 5.69 Å². The molecule has 0 aliphatic carbocycles. The first-order valence-corrected chi connectivity index (χ1v) is 13.9. The molecular weight excluding hydrogens is 576 g/mol. The molecule has 2 fully saturated rings. The van der Waals surface area contributed by atoms with E-state index in [9.17, 15) is 24.3 Å². The predicted molar refractivity (Wildman–Crippen MR) is 129 cm³/mol. The van der Waals surface area contributed by atoms with Crippen molar-refractivity contribution in [2.75, 3.05) is 23.4 Å². The van der Waals surface area contributed by atoms with Crippen LogP contribution in [0.5, 0.6) is 0 Å². The van der Waals surface area contributed by atoms with Crippen LogP contribution in [0.4, 0.5) is 5.13 Å². The maximum atomic E-state index is 12.8. The van der Waals surface area contributed by atoms with Gasteiger partial charge in [0.15, 0.2) is 9.47 Å². The van der Waals surface area contributed by atoms with E-state index in [-0.39, 0.29) is 29.2 Å². The zero-order valence-electron chi connectivity index (χ0n) is 16.5. The molecule has 0 radical (unpaired) electrons. The minimum Gasteiger partial charge on any atom is -0.481 e. The lowest BCUT2D eigenvalue weighted by atomic mass is 9.89. The van der Waals surface area contributed by atoms with E-state index in [1.54, 1.807) is 10.9 Å². The third-order valence-corrected chi connectivity index (χ3v) is 9.98. The summed E-state index contributed by atoms with van der Waals surface area (Å²) in [5.41, 5.74) is 1.00. The number of β-lactam (4-membered cyclic amide) rings is 1. The van der Waals surface area contributed by atoms with Crippen LogP contribution in [0.2, 0.25) is 0 Å². The van der Waals surface area contributed by atoms with Crippen molar-refractivity contribution in [2.24, 2.45) is 5.41 Å². The maximum Gasteiger partial charge on any atom is 0.313 e. The smallest absolute Gasteiger partial charge is 0.313 e. The van der Waals surface area contributed by atoms with E-state index in [2.05, 4.69) is 41.7 Å². The van der Waals surface area contributed by atoms with E-state index in [0.29, 0.717) is 27.3 Å². The summed E-state index contributed by atoms with van der Waals surface area (Å²) >= 11 is 8.29. The topological polar surface area (TPSA) is 154 Å². The van der Waals surface area contributed by atoms with Crippen LogP contribution >= 0.6 is 62.1 Å². The van der Waals surface area contributed by atoms with Crippen LogP contribution in [-0.2, 0) is 19.2 Å². The van der Waals surface area contributed by atoms with E-state index in [1.165, 1.54) is 44.7 Å². The van der Waals surface area contributed by atoms with E-state index >= 15 is 0 Å². The fourth-order valence-corrected chi connectivity index (χ4v) is 7.75. The molecule has 3 atom stereocenters. The zero-order valence-corrected chi connectivity index (χ0v) is 21.3. The standard InChI is InChI=1S/C17H15BrN6O5S4/c18-1-8(9-2-30-15(21-9)19-6-25)11(26)22-10-12(27)24-3-17(14(28)29,4-31-13(10)24)5-32-16-23-20-7-33-16/h1-2,6-7,10,13H,3-5H2,(H,22,26)(H,28,29)(H,19,21,25)/t10?,13-,17?/m1/s1. The highest BCUT2D eigenvalue weighted by molar-refractivity contribution is 9.11. The average molecular weight is 592 g/mol.